The van der Waals surface area contributed by atoms with Crippen molar-refractivity contribution < 1.29 is 24.0 Å². The van der Waals surface area contributed by atoms with Gasteiger partial charge in [-0.2, -0.15) is 0 Å². The third kappa shape index (κ3) is 7.28. The average Bonchev–Trinajstić information content (AvgIpc) is 3.71. The summed E-state index contributed by atoms with van der Waals surface area (Å²) in [6, 6.07) is 10.5. The van der Waals surface area contributed by atoms with Gasteiger partial charge in [-0.25, -0.2) is 14.8 Å². The van der Waals surface area contributed by atoms with Crippen molar-refractivity contribution in [2.24, 2.45) is 17.3 Å². The number of nitrogens with one attached hydrogen (secondary N) is 1. The van der Waals surface area contributed by atoms with Crippen LogP contribution in [0.15, 0.2) is 48.8 Å². The topological polar surface area (TPSA) is 144 Å². The van der Waals surface area contributed by atoms with Gasteiger partial charge in [0, 0.05) is 74.7 Å². The van der Waals surface area contributed by atoms with E-state index in [4.69, 9.17) is 23.2 Å². The summed E-state index contributed by atoms with van der Waals surface area (Å²) in [5.41, 5.74) is 3.62. The number of nitrogens with zero attached hydrogens (tertiary/aromatic N) is 8. The molecule has 5 fully saturated rings. The molecule has 1 N–H and O–H groups in total. The molecule has 59 heavy (non-hydrogen) atoms. The predicted molar refractivity (Wildman–Crippen MR) is 222 cm³/mol. The van der Waals surface area contributed by atoms with Crippen molar-refractivity contribution in [1.82, 2.24) is 25.1 Å². The number of rotatable bonds is 6. The molecule has 0 bridgehead atoms. The van der Waals surface area contributed by atoms with Crippen LogP contribution in [0.25, 0.3) is 4.85 Å². The number of halogens is 1. The predicted octanol–water partition coefficient (Wildman–Crippen LogP) is 5.74. The summed E-state index contributed by atoms with van der Waals surface area (Å²) in [6.45, 7) is 15.3. The van der Waals surface area contributed by atoms with E-state index in [1.165, 1.54) is 0 Å². The van der Waals surface area contributed by atoms with Crippen LogP contribution in [0.4, 0.5) is 22.9 Å². The second-order valence-corrected chi connectivity index (χ2v) is 17.7. The highest BCUT2D eigenvalue weighted by Crippen LogP contribution is 2.46. The molecule has 3 aromatic rings. The van der Waals surface area contributed by atoms with Crippen molar-refractivity contribution in [1.29, 1.82) is 0 Å². The Morgan fingerprint density at radius 2 is 1.53 bits per heavy atom. The summed E-state index contributed by atoms with van der Waals surface area (Å²) in [6.07, 6.45) is 10.7. The minimum absolute atomic E-state index is 0.0692. The van der Waals surface area contributed by atoms with E-state index in [-0.39, 0.29) is 29.7 Å². The van der Waals surface area contributed by atoms with Crippen LogP contribution in [0.3, 0.4) is 0 Å². The summed E-state index contributed by atoms with van der Waals surface area (Å²) in [7, 11) is 0. The first kappa shape index (κ1) is 38.9. The van der Waals surface area contributed by atoms with Gasteiger partial charge in [-0.15, -0.1) is 0 Å². The highest BCUT2D eigenvalue weighted by molar-refractivity contribution is 6.33. The quantitative estimate of drug-likeness (QED) is 0.242. The van der Waals surface area contributed by atoms with E-state index in [9.17, 15) is 24.0 Å². The smallest absolute Gasteiger partial charge is 0.274 e. The molecule has 2 aromatic carbocycles. The number of anilines is 3. The van der Waals surface area contributed by atoms with Crippen LogP contribution in [0.2, 0.25) is 5.02 Å². The fourth-order valence-corrected chi connectivity index (χ4v) is 10.8. The van der Waals surface area contributed by atoms with Crippen LogP contribution in [-0.4, -0.2) is 107 Å². The van der Waals surface area contributed by atoms with Crippen LogP contribution in [-0.2, 0) is 9.59 Å². The van der Waals surface area contributed by atoms with Gasteiger partial charge in [-0.3, -0.25) is 34.2 Å². The number of carbonyl (C=O) groups is 5. The second-order valence-electron chi connectivity index (χ2n) is 17.3. The van der Waals surface area contributed by atoms with Crippen LogP contribution in [0.5, 0.6) is 0 Å². The van der Waals surface area contributed by atoms with Crippen LogP contribution < -0.4 is 20.0 Å². The normalized spacial score (nSPS) is 23.8. The maximum Gasteiger partial charge on any atom is 0.274 e. The van der Waals surface area contributed by atoms with Gasteiger partial charge in [0.15, 0.2) is 0 Å². The Labute approximate surface area is 348 Å². The number of benzene rings is 2. The molecular weight excluding hydrogens is 770 g/mol. The molecule has 6 aliphatic rings. The standard InChI is InChI=1S/C44H48ClN9O5/c1-27-23-44(26-53(27)31-4-6-35(46-2)34(45)22-31)13-19-51(20-14-44)38-25-47-36(24-48-38)43(59)52-17-11-29(12-18-52)28-9-15-50(16-10-28)30-3-5-32-33(21-30)42(58)54(41(32)57)37-7-8-39(55)49-40(37)56/h3-6,21-22,24-25,27-29,37H,7-20,23,26H2,1H3,(H,49,55,56)/t27-,37?/m0/s1. The Morgan fingerprint density at radius 3 is 2.19 bits per heavy atom. The van der Waals surface area contributed by atoms with Gasteiger partial charge in [0.1, 0.15) is 17.6 Å². The van der Waals surface area contributed by atoms with Gasteiger partial charge in [-0.05, 0) is 106 Å². The Bertz CT molecular complexity index is 2240. The number of piperidine rings is 4. The number of fused-ring (bicyclic) bond motifs is 1. The van der Waals surface area contributed by atoms with Crippen molar-refractivity contribution in [2.45, 2.75) is 76.8 Å². The molecule has 0 aliphatic carbocycles. The number of imide groups is 2. The molecule has 0 saturated carbocycles. The number of carbonyl (C=O) groups excluding carboxylic acids is 5. The Kier molecular flexibility index (Phi) is 10.3. The maximum atomic E-state index is 13.5. The van der Waals surface area contributed by atoms with Crippen molar-refractivity contribution in [3.05, 3.63) is 82.1 Å². The molecule has 5 amide bonds. The van der Waals surface area contributed by atoms with E-state index in [0.717, 1.165) is 99.8 Å². The first-order chi connectivity index (χ1) is 28.5. The zero-order chi connectivity index (χ0) is 41.0. The van der Waals surface area contributed by atoms with Crippen molar-refractivity contribution >= 4 is 64.0 Å². The lowest BCUT2D eigenvalue weighted by Crippen LogP contribution is -2.54. The average molecular weight is 818 g/mol. The molecule has 6 aliphatic heterocycles. The third-order valence-electron chi connectivity index (χ3n) is 14.0. The van der Waals surface area contributed by atoms with Gasteiger partial charge in [-0.1, -0.05) is 17.7 Å². The molecular formula is C44H48ClN9O5. The molecule has 1 unspecified atom stereocenters. The summed E-state index contributed by atoms with van der Waals surface area (Å²) in [4.78, 5) is 86.8. The van der Waals surface area contributed by atoms with Crippen LogP contribution >= 0.6 is 11.6 Å². The second kappa shape index (κ2) is 15.6. The lowest BCUT2D eigenvalue weighted by atomic mass is 9.77. The first-order valence-corrected chi connectivity index (χ1v) is 21.3. The molecule has 1 spiro atoms. The number of likely N-dealkylation sites (tertiary alicyclic amines) is 1. The number of aromatic nitrogens is 2. The molecule has 306 valence electrons. The highest BCUT2D eigenvalue weighted by Gasteiger charge is 2.46. The van der Waals surface area contributed by atoms with E-state index in [1.807, 2.05) is 29.2 Å². The summed E-state index contributed by atoms with van der Waals surface area (Å²) >= 11 is 6.38. The van der Waals surface area contributed by atoms with Crippen molar-refractivity contribution in [3.63, 3.8) is 0 Å². The van der Waals surface area contributed by atoms with E-state index in [0.29, 0.717) is 52.9 Å². The highest BCUT2D eigenvalue weighted by atomic mass is 35.5. The van der Waals surface area contributed by atoms with Crippen molar-refractivity contribution in [3.8, 4) is 0 Å². The molecule has 5 saturated heterocycles. The zero-order valence-corrected chi connectivity index (χ0v) is 34.0. The molecule has 15 heteroatoms. The van der Waals surface area contributed by atoms with Crippen LogP contribution in [0.1, 0.15) is 95.9 Å². The minimum Gasteiger partial charge on any atom is -0.371 e. The van der Waals surface area contributed by atoms with E-state index < -0.39 is 29.7 Å². The Balaban J connectivity index is 0.736. The fraction of sp³-hybridized carbons (Fsp3) is 0.500. The van der Waals surface area contributed by atoms with Gasteiger partial charge in [0.25, 0.3) is 17.7 Å². The lowest BCUT2D eigenvalue weighted by molar-refractivity contribution is -0.136. The zero-order valence-electron chi connectivity index (χ0n) is 33.2. The van der Waals surface area contributed by atoms with E-state index >= 15 is 0 Å². The maximum absolute atomic E-state index is 13.5. The SMILES string of the molecule is [C-]#[N+]c1ccc(N2CC3(CCN(c4cnc(C(=O)N5CCC(C6CCN(c7ccc8c(c7)C(=O)N(C7CCC(=O)NC7=O)C8=O)CC6)CC5)cn4)CC3)C[C@@H]2C)cc1Cl. The summed E-state index contributed by atoms with van der Waals surface area (Å²) in [5.74, 6) is -0.190. The number of amides is 5. The fourth-order valence-electron chi connectivity index (χ4n) is 10.6. The van der Waals surface area contributed by atoms with Gasteiger partial charge < -0.3 is 19.6 Å². The van der Waals surface area contributed by atoms with Gasteiger partial charge in [0.05, 0.1) is 30.1 Å². The van der Waals surface area contributed by atoms with Crippen molar-refractivity contribution in [2.75, 3.05) is 60.5 Å². The molecule has 1 aromatic heterocycles. The van der Waals surface area contributed by atoms with Gasteiger partial charge >= 0.3 is 0 Å². The van der Waals surface area contributed by atoms with E-state index in [1.54, 1.807) is 24.5 Å². The number of hydrogen-bond acceptors (Lipinski definition) is 10. The molecule has 2 atom stereocenters. The first-order valence-electron chi connectivity index (χ1n) is 20.9. The molecule has 14 nitrogen and oxygen atoms in total. The monoisotopic (exact) mass is 817 g/mol. The summed E-state index contributed by atoms with van der Waals surface area (Å²) < 4.78 is 0. The number of hydrogen-bond donors (Lipinski definition) is 1. The minimum atomic E-state index is -0.979. The lowest BCUT2D eigenvalue weighted by Gasteiger charge is -2.41. The molecule has 7 heterocycles. The molecule has 0 radical (unpaired) electrons. The third-order valence-corrected chi connectivity index (χ3v) is 14.3. The summed E-state index contributed by atoms with van der Waals surface area (Å²) in [5, 5.41) is 2.74. The van der Waals surface area contributed by atoms with Crippen LogP contribution in [0, 0.1) is 23.8 Å². The molecule has 9 rings (SSSR count). The Hall–Kier alpha value is -5.55. The largest absolute Gasteiger partial charge is 0.371 e. The Morgan fingerprint density at radius 1 is 0.831 bits per heavy atom. The van der Waals surface area contributed by atoms with E-state index in [2.05, 4.69) is 36.8 Å². The van der Waals surface area contributed by atoms with Gasteiger partial charge in [0.2, 0.25) is 17.5 Å².